The van der Waals surface area contributed by atoms with E-state index in [1.54, 1.807) is 4.90 Å². The van der Waals surface area contributed by atoms with Gasteiger partial charge in [0.2, 0.25) is 0 Å². The molecule has 0 bridgehead atoms. The number of alkyl halides is 3. The lowest BCUT2D eigenvalue weighted by Gasteiger charge is -2.27. The Labute approximate surface area is 211 Å². The van der Waals surface area contributed by atoms with E-state index in [1.165, 1.54) is 41.7 Å². The average molecular weight is 539 g/mol. The standard InChI is InChI=1S/C25H25F3N2O4S2/c1-15(2)14-34-21-9-8-18(36(3,32)33)12-19(21)24(31)30-11-10-20-22(13-30)35-23(29-20)16-4-6-17(7-5-16)25(26,27)28/h4-9,12,15H,10-11,13-14H2,1-3H3. The van der Waals surface area contributed by atoms with E-state index in [9.17, 15) is 26.4 Å². The normalized spacial score (nSPS) is 14.1. The second-order valence-corrected chi connectivity index (χ2v) is 12.2. The molecule has 0 saturated heterocycles. The Hall–Kier alpha value is -2.92. The van der Waals surface area contributed by atoms with E-state index in [1.807, 2.05) is 13.8 Å². The van der Waals surface area contributed by atoms with Crippen LogP contribution in [0.5, 0.6) is 5.75 Å². The van der Waals surface area contributed by atoms with Gasteiger partial charge in [-0.3, -0.25) is 4.79 Å². The molecule has 0 saturated carbocycles. The highest BCUT2D eigenvalue weighted by atomic mass is 32.2. The van der Waals surface area contributed by atoms with Crippen LogP contribution >= 0.6 is 11.3 Å². The van der Waals surface area contributed by atoms with Crippen molar-refractivity contribution >= 4 is 27.1 Å². The number of hydrogen-bond donors (Lipinski definition) is 0. The predicted molar refractivity (Wildman–Crippen MR) is 131 cm³/mol. The molecule has 1 amide bonds. The van der Waals surface area contributed by atoms with Crippen LogP contribution in [0.4, 0.5) is 13.2 Å². The second kappa shape index (κ2) is 9.85. The van der Waals surface area contributed by atoms with E-state index in [0.717, 1.165) is 29.0 Å². The molecule has 0 fully saturated rings. The molecule has 0 N–H and O–H groups in total. The number of aromatic nitrogens is 1. The summed E-state index contributed by atoms with van der Waals surface area (Å²) in [7, 11) is -3.53. The fourth-order valence-electron chi connectivity index (χ4n) is 3.75. The lowest BCUT2D eigenvalue weighted by atomic mass is 10.1. The fraction of sp³-hybridized carbons (Fsp3) is 0.360. The topological polar surface area (TPSA) is 76.6 Å². The predicted octanol–water partition coefficient (Wildman–Crippen LogP) is 5.47. The Bertz CT molecular complexity index is 1380. The highest BCUT2D eigenvalue weighted by Gasteiger charge is 2.31. The van der Waals surface area contributed by atoms with Gasteiger partial charge < -0.3 is 9.64 Å². The summed E-state index contributed by atoms with van der Waals surface area (Å²) in [6.07, 6.45) is -2.85. The van der Waals surface area contributed by atoms with Gasteiger partial charge in [-0.25, -0.2) is 13.4 Å². The van der Waals surface area contributed by atoms with Gasteiger partial charge in [-0.1, -0.05) is 26.0 Å². The number of fused-ring (bicyclic) bond motifs is 1. The van der Waals surface area contributed by atoms with E-state index in [4.69, 9.17) is 4.74 Å². The van der Waals surface area contributed by atoms with Crippen LogP contribution in [0.3, 0.4) is 0 Å². The van der Waals surface area contributed by atoms with E-state index in [-0.39, 0.29) is 28.8 Å². The summed E-state index contributed by atoms with van der Waals surface area (Å²) < 4.78 is 68.7. The van der Waals surface area contributed by atoms with Crippen molar-refractivity contribution in [3.05, 3.63) is 64.2 Å². The van der Waals surface area contributed by atoms with Gasteiger partial charge in [0.15, 0.2) is 9.84 Å². The lowest BCUT2D eigenvalue weighted by Crippen LogP contribution is -2.35. The molecule has 0 unspecified atom stereocenters. The number of thiazole rings is 1. The molecule has 2 aromatic carbocycles. The van der Waals surface area contributed by atoms with Gasteiger partial charge in [0.25, 0.3) is 5.91 Å². The number of nitrogens with zero attached hydrogens (tertiary/aromatic N) is 2. The monoisotopic (exact) mass is 538 g/mol. The van der Waals surface area contributed by atoms with Crippen molar-refractivity contribution in [2.45, 2.75) is 37.9 Å². The number of amides is 1. The Balaban J connectivity index is 1.59. The molecule has 1 aliphatic heterocycles. The van der Waals surface area contributed by atoms with E-state index in [2.05, 4.69) is 4.98 Å². The van der Waals surface area contributed by atoms with Crippen molar-refractivity contribution in [3.63, 3.8) is 0 Å². The maximum absolute atomic E-state index is 13.5. The minimum atomic E-state index is -4.41. The zero-order chi connectivity index (χ0) is 26.3. The van der Waals surface area contributed by atoms with Gasteiger partial charge in [-0.2, -0.15) is 13.2 Å². The molecule has 3 aromatic rings. The summed E-state index contributed by atoms with van der Waals surface area (Å²) in [4.78, 5) is 20.6. The van der Waals surface area contributed by atoms with E-state index >= 15 is 0 Å². The van der Waals surface area contributed by atoms with Crippen molar-refractivity contribution in [1.29, 1.82) is 0 Å². The van der Waals surface area contributed by atoms with E-state index in [0.29, 0.717) is 35.9 Å². The molecule has 2 heterocycles. The first-order valence-corrected chi connectivity index (χ1v) is 14.0. The van der Waals surface area contributed by atoms with Gasteiger partial charge in [0.05, 0.1) is 34.9 Å². The van der Waals surface area contributed by atoms with Crippen molar-refractivity contribution in [1.82, 2.24) is 9.88 Å². The van der Waals surface area contributed by atoms with Gasteiger partial charge in [-0.15, -0.1) is 11.3 Å². The van der Waals surface area contributed by atoms with Crippen LogP contribution in [0.2, 0.25) is 0 Å². The number of rotatable bonds is 6. The largest absolute Gasteiger partial charge is 0.492 e. The van der Waals surface area contributed by atoms with Crippen LogP contribution in [0.25, 0.3) is 10.6 Å². The minimum Gasteiger partial charge on any atom is -0.492 e. The summed E-state index contributed by atoms with van der Waals surface area (Å²) >= 11 is 1.33. The summed E-state index contributed by atoms with van der Waals surface area (Å²) in [5, 5.41) is 0.586. The van der Waals surface area contributed by atoms with Crippen LogP contribution in [0.15, 0.2) is 47.4 Å². The maximum atomic E-state index is 13.5. The summed E-state index contributed by atoms with van der Waals surface area (Å²) in [6, 6.07) is 9.13. The third-order valence-electron chi connectivity index (χ3n) is 5.66. The zero-order valence-electron chi connectivity index (χ0n) is 19.9. The van der Waals surface area contributed by atoms with Crippen LogP contribution in [-0.2, 0) is 29.0 Å². The Kier molecular flexibility index (Phi) is 7.16. The molecule has 0 radical (unpaired) electrons. The summed E-state index contributed by atoms with van der Waals surface area (Å²) in [5.41, 5.74) is 0.830. The Morgan fingerprint density at radius 3 is 2.47 bits per heavy atom. The van der Waals surface area contributed by atoms with Crippen molar-refractivity contribution in [2.24, 2.45) is 5.92 Å². The Morgan fingerprint density at radius 1 is 1.17 bits per heavy atom. The number of hydrogen-bond acceptors (Lipinski definition) is 6. The van der Waals surface area contributed by atoms with Crippen LogP contribution in [0, 0.1) is 5.92 Å². The summed E-state index contributed by atoms with van der Waals surface area (Å²) in [5.74, 6) is 0.178. The van der Waals surface area contributed by atoms with E-state index < -0.39 is 21.6 Å². The number of benzene rings is 2. The van der Waals surface area contributed by atoms with Crippen LogP contribution in [-0.4, -0.2) is 43.6 Å². The third-order valence-corrected chi connectivity index (χ3v) is 7.90. The first-order valence-electron chi connectivity index (χ1n) is 11.3. The molecule has 192 valence electrons. The van der Waals surface area contributed by atoms with Gasteiger partial charge in [0, 0.05) is 29.7 Å². The second-order valence-electron chi connectivity index (χ2n) is 9.08. The molecule has 0 atom stereocenters. The smallest absolute Gasteiger partial charge is 0.416 e. The molecule has 6 nitrogen and oxygen atoms in total. The van der Waals surface area contributed by atoms with Gasteiger partial charge >= 0.3 is 6.18 Å². The van der Waals surface area contributed by atoms with Crippen molar-refractivity contribution in [3.8, 4) is 16.3 Å². The molecule has 36 heavy (non-hydrogen) atoms. The number of sulfone groups is 1. The van der Waals surface area contributed by atoms with Crippen LogP contribution in [0.1, 0.15) is 40.3 Å². The first kappa shape index (κ1) is 26.2. The quantitative estimate of drug-likeness (QED) is 0.416. The molecule has 1 aliphatic rings. The molecular formula is C25H25F3N2O4S2. The minimum absolute atomic E-state index is 0.0304. The first-order chi connectivity index (χ1) is 16.8. The molecule has 0 aliphatic carbocycles. The number of ether oxygens (including phenoxy) is 1. The third kappa shape index (κ3) is 5.73. The number of carbonyl (C=O) groups excluding carboxylic acids is 1. The zero-order valence-corrected chi connectivity index (χ0v) is 21.6. The molecule has 11 heteroatoms. The molecule has 4 rings (SSSR count). The van der Waals surface area contributed by atoms with Crippen molar-refractivity contribution in [2.75, 3.05) is 19.4 Å². The van der Waals surface area contributed by atoms with Gasteiger partial charge in [-0.05, 0) is 36.2 Å². The molecule has 0 spiro atoms. The highest BCUT2D eigenvalue weighted by molar-refractivity contribution is 7.90. The lowest BCUT2D eigenvalue weighted by molar-refractivity contribution is -0.137. The fourth-order valence-corrected chi connectivity index (χ4v) is 5.53. The van der Waals surface area contributed by atoms with Crippen LogP contribution < -0.4 is 4.74 Å². The summed E-state index contributed by atoms with van der Waals surface area (Å²) in [6.45, 7) is 4.94. The molecular weight excluding hydrogens is 513 g/mol. The molecule has 1 aromatic heterocycles. The van der Waals surface area contributed by atoms with Gasteiger partial charge in [0.1, 0.15) is 10.8 Å². The number of carbonyl (C=O) groups is 1. The Morgan fingerprint density at radius 2 is 1.86 bits per heavy atom. The maximum Gasteiger partial charge on any atom is 0.416 e. The highest BCUT2D eigenvalue weighted by Crippen LogP contribution is 2.35. The number of halogens is 3. The average Bonchev–Trinajstić information content (AvgIpc) is 3.24. The van der Waals surface area contributed by atoms with Crippen molar-refractivity contribution < 1.29 is 31.1 Å². The SMILES string of the molecule is CC(C)COc1ccc(S(C)(=O)=O)cc1C(=O)N1CCc2nc(-c3ccc(C(F)(F)F)cc3)sc2C1.